The van der Waals surface area contributed by atoms with E-state index in [4.69, 9.17) is 4.74 Å². The highest BCUT2D eigenvalue weighted by atomic mass is 32.2. The minimum Gasteiger partial charge on any atom is -0.452 e. The Morgan fingerprint density at radius 2 is 1.54 bits per heavy atom. The van der Waals surface area contributed by atoms with Gasteiger partial charge in [-0.25, -0.2) is 4.79 Å². The number of benzene rings is 3. The molecule has 2 atom stereocenters. The Balaban J connectivity index is 1.34. The second kappa shape index (κ2) is 10.3. The van der Waals surface area contributed by atoms with E-state index >= 15 is 0 Å². The topological polar surface area (TPSA) is 93.0 Å². The summed E-state index contributed by atoms with van der Waals surface area (Å²) in [6, 6.07) is 19.5. The standard InChI is InChI=1S/C28H27N3O5S/c1-18-13-19(2)16-29(15-18)21-12-11-20(14-24(21)31(34)35)28(33)36-17-27(32)30-22-7-3-5-9-25(22)37-26-10-6-4-8-23(26)30/h3-12,14,18-19H,13,15-17H2,1-2H3. The summed E-state index contributed by atoms with van der Waals surface area (Å²) in [5.74, 6) is -0.350. The summed E-state index contributed by atoms with van der Waals surface area (Å²) in [6.07, 6.45) is 1.08. The zero-order valence-corrected chi connectivity index (χ0v) is 21.4. The molecule has 1 amide bonds. The van der Waals surface area contributed by atoms with Crippen LogP contribution in [0.2, 0.25) is 0 Å². The molecule has 0 bridgehead atoms. The number of anilines is 3. The monoisotopic (exact) mass is 517 g/mol. The molecule has 9 heteroatoms. The van der Waals surface area contributed by atoms with E-state index in [0.717, 1.165) is 40.7 Å². The van der Waals surface area contributed by atoms with Crippen LogP contribution in [-0.4, -0.2) is 36.5 Å². The van der Waals surface area contributed by atoms with E-state index in [2.05, 4.69) is 13.8 Å². The van der Waals surface area contributed by atoms with Crippen molar-refractivity contribution in [1.82, 2.24) is 0 Å². The molecule has 1 fully saturated rings. The number of nitro groups is 1. The van der Waals surface area contributed by atoms with Crippen molar-refractivity contribution in [2.45, 2.75) is 30.1 Å². The van der Waals surface area contributed by atoms with Crippen molar-refractivity contribution in [2.24, 2.45) is 11.8 Å². The molecule has 2 unspecified atom stereocenters. The van der Waals surface area contributed by atoms with Gasteiger partial charge in [0.15, 0.2) is 6.61 Å². The van der Waals surface area contributed by atoms with Crippen LogP contribution in [-0.2, 0) is 9.53 Å². The Morgan fingerprint density at radius 1 is 0.946 bits per heavy atom. The number of carbonyl (C=O) groups excluding carboxylic acids is 2. The van der Waals surface area contributed by atoms with E-state index in [1.54, 1.807) is 22.7 Å². The van der Waals surface area contributed by atoms with E-state index in [0.29, 0.717) is 17.5 Å². The molecule has 3 aromatic rings. The van der Waals surface area contributed by atoms with Crippen LogP contribution in [0.25, 0.3) is 0 Å². The fourth-order valence-electron chi connectivity index (χ4n) is 5.17. The Labute approximate surface area is 219 Å². The number of para-hydroxylation sites is 2. The van der Waals surface area contributed by atoms with Crippen LogP contribution in [0, 0.1) is 22.0 Å². The van der Waals surface area contributed by atoms with Gasteiger partial charge in [0.2, 0.25) is 0 Å². The Hall–Kier alpha value is -3.85. The van der Waals surface area contributed by atoms with Crippen LogP contribution in [0.1, 0.15) is 30.6 Å². The van der Waals surface area contributed by atoms with Gasteiger partial charge in [0.05, 0.1) is 21.9 Å². The average Bonchev–Trinajstić information content (AvgIpc) is 2.89. The van der Waals surface area contributed by atoms with Crippen molar-refractivity contribution in [2.75, 3.05) is 29.5 Å². The van der Waals surface area contributed by atoms with E-state index in [9.17, 15) is 19.7 Å². The quantitative estimate of drug-likeness (QED) is 0.231. The molecule has 0 aromatic heterocycles. The van der Waals surface area contributed by atoms with Gasteiger partial charge in [0.25, 0.3) is 11.6 Å². The van der Waals surface area contributed by atoms with Crippen LogP contribution in [0.3, 0.4) is 0 Å². The predicted molar refractivity (Wildman–Crippen MR) is 143 cm³/mol. The number of rotatable bonds is 5. The summed E-state index contributed by atoms with van der Waals surface area (Å²) < 4.78 is 5.35. The van der Waals surface area contributed by atoms with Crippen molar-refractivity contribution in [3.8, 4) is 0 Å². The average molecular weight is 518 g/mol. The molecular formula is C28H27N3O5S. The highest BCUT2D eigenvalue weighted by Crippen LogP contribution is 2.47. The lowest BCUT2D eigenvalue weighted by Gasteiger charge is -2.36. The van der Waals surface area contributed by atoms with Gasteiger partial charge in [0, 0.05) is 28.9 Å². The number of piperidine rings is 1. The van der Waals surface area contributed by atoms with Gasteiger partial charge >= 0.3 is 5.97 Å². The summed E-state index contributed by atoms with van der Waals surface area (Å²) >= 11 is 1.57. The number of hydrogen-bond acceptors (Lipinski definition) is 7. The predicted octanol–water partition coefficient (Wildman–Crippen LogP) is 6.06. The number of hydrogen-bond donors (Lipinski definition) is 0. The maximum atomic E-state index is 13.3. The van der Waals surface area contributed by atoms with Gasteiger partial charge in [0.1, 0.15) is 5.69 Å². The highest BCUT2D eigenvalue weighted by molar-refractivity contribution is 7.99. The van der Waals surface area contributed by atoms with Gasteiger partial charge in [-0.05, 0) is 54.7 Å². The van der Waals surface area contributed by atoms with Crippen LogP contribution < -0.4 is 9.80 Å². The fourth-order valence-corrected chi connectivity index (χ4v) is 6.23. The number of ether oxygens (including phenoxy) is 1. The van der Waals surface area contributed by atoms with Crippen molar-refractivity contribution in [3.63, 3.8) is 0 Å². The SMILES string of the molecule is CC1CC(C)CN(c2ccc(C(=O)OCC(=O)N3c4ccccc4Sc4ccccc43)cc2[N+](=O)[O-])C1. The molecule has 0 saturated carbocycles. The number of fused-ring (bicyclic) bond motifs is 2. The molecular weight excluding hydrogens is 490 g/mol. The lowest BCUT2D eigenvalue weighted by atomic mass is 9.91. The Kier molecular flexibility index (Phi) is 6.88. The highest BCUT2D eigenvalue weighted by Gasteiger charge is 2.30. The lowest BCUT2D eigenvalue weighted by molar-refractivity contribution is -0.384. The largest absolute Gasteiger partial charge is 0.452 e. The van der Waals surface area contributed by atoms with Gasteiger partial charge in [-0.15, -0.1) is 0 Å². The first-order chi connectivity index (χ1) is 17.8. The number of nitro benzene ring substituents is 1. The molecule has 1 saturated heterocycles. The number of amides is 1. The molecule has 0 radical (unpaired) electrons. The van der Waals surface area contributed by atoms with Gasteiger partial charge in [-0.3, -0.25) is 19.8 Å². The number of esters is 1. The summed E-state index contributed by atoms with van der Waals surface area (Å²) in [6.45, 7) is 5.22. The smallest absolute Gasteiger partial charge is 0.338 e. The maximum Gasteiger partial charge on any atom is 0.338 e. The first-order valence-corrected chi connectivity index (χ1v) is 13.0. The molecule has 190 valence electrons. The van der Waals surface area contributed by atoms with Gasteiger partial charge in [-0.1, -0.05) is 49.9 Å². The second-order valence-electron chi connectivity index (χ2n) is 9.65. The van der Waals surface area contributed by atoms with Crippen LogP contribution in [0.4, 0.5) is 22.7 Å². The van der Waals surface area contributed by atoms with E-state index in [-0.39, 0.29) is 11.3 Å². The van der Waals surface area contributed by atoms with Crippen LogP contribution >= 0.6 is 11.8 Å². The molecule has 2 heterocycles. The molecule has 2 aliphatic rings. The van der Waals surface area contributed by atoms with E-state index in [1.165, 1.54) is 12.1 Å². The van der Waals surface area contributed by atoms with Crippen molar-refractivity contribution in [3.05, 3.63) is 82.4 Å². The van der Waals surface area contributed by atoms with Gasteiger partial charge in [-0.2, -0.15) is 0 Å². The Bertz CT molecular complexity index is 1320. The molecule has 0 aliphatic carbocycles. The minimum atomic E-state index is -0.781. The summed E-state index contributed by atoms with van der Waals surface area (Å²) in [4.78, 5) is 43.0. The molecule has 5 rings (SSSR count). The molecule has 2 aliphatic heterocycles. The fraction of sp³-hybridized carbons (Fsp3) is 0.286. The first kappa shape index (κ1) is 24.8. The van der Waals surface area contributed by atoms with E-state index in [1.807, 2.05) is 53.4 Å². The zero-order valence-electron chi connectivity index (χ0n) is 20.6. The van der Waals surface area contributed by atoms with Crippen molar-refractivity contribution < 1.29 is 19.2 Å². The normalized spacial score (nSPS) is 18.5. The van der Waals surface area contributed by atoms with Crippen LogP contribution in [0.15, 0.2) is 76.5 Å². The van der Waals surface area contributed by atoms with Crippen LogP contribution in [0.5, 0.6) is 0 Å². The summed E-state index contributed by atoms with van der Waals surface area (Å²) in [7, 11) is 0. The summed E-state index contributed by atoms with van der Waals surface area (Å²) in [5, 5.41) is 11.9. The maximum absolute atomic E-state index is 13.3. The molecule has 8 nitrogen and oxygen atoms in total. The third kappa shape index (κ3) is 5.04. The second-order valence-corrected chi connectivity index (χ2v) is 10.7. The molecule has 37 heavy (non-hydrogen) atoms. The third-order valence-electron chi connectivity index (χ3n) is 6.63. The lowest BCUT2D eigenvalue weighted by Crippen LogP contribution is -2.39. The van der Waals surface area contributed by atoms with Gasteiger partial charge < -0.3 is 9.64 Å². The minimum absolute atomic E-state index is 0.0383. The Morgan fingerprint density at radius 3 is 2.14 bits per heavy atom. The molecule has 0 spiro atoms. The van der Waals surface area contributed by atoms with E-state index < -0.39 is 23.4 Å². The molecule has 0 N–H and O–H groups in total. The third-order valence-corrected chi connectivity index (χ3v) is 7.76. The number of nitrogens with zero attached hydrogens (tertiary/aromatic N) is 3. The first-order valence-electron chi connectivity index (χ1n) is 12.2. The summed E-state index contributed by atoms with van der Waals surface area (Å²) in [5.41, 5.74) is 1.83. The molecule has 3 aromatic carbocycles. The number of carbonyl (C=O) groups is 2. The van der Waals surface area contributed by atoms with Crippen molar-refractivity contribution in [1.29, 1.82) is 0 Å². The van der Waals surface area contributed by atoms with Crippen molar-refractivity contribution >= 4 is 46.4 Å². The zero-order chi connectivity index (χ0) is 26.1.